The number of ether oxygens (including phenoxy) is 1. The highest BCUT2D eigenvalue weighted by Gasteiger charge is 2.23. The molecule has 1 aromatic carbocycles. The molecule has 1 aromatic heterocycles. The van der Waals surface area contributed by atoms with Crippen LogP contribution in [-0.2, 0) is 4.79 Å². The molecule has 2 aromatic rings. The number of amides is 1. The van der Waals surface area contributed by atoms with Crippen molar-refractivity contribution < 1.29 is 9.53 Å². The molecule has 0 saturated carbocycles. The van der Waals surface area contributed by atoms with Crippen LogP contribution in [0.25, 0.3) is 0 Å². The van der Waals surface area contributed by atoms with Crippen molar-refractivity contribution >= 4 is 29.1 Å². The zero-order valence-electron chi connectivity index (χ0n) is 17.2. The predicted octanol–water partition coefficient (Wildman–Crippen LogP) is 1.61. The minimum absolute atomic E-state index is 0.0129. The lowest BCUT2D eigenvalue weighted by atomic mass is 10.3. The SMILES string of the molecule is CN1CCN(c2ccc(N3CCN(C(=O)COc4ccc(Cl)cc4)CC3)nn2)CC1. The number of likely N-dealkylation sites (N-methyl/N-ethyl adjacent to an activating group) is 1. The third-order valence-electron chi connectivity index (χ3n) is 5.60. The van der Waals surface area contributed by atoms with E-state index in [2.05, 4.69) is 31.9 Å². The van der Waals surface area contributed by atoms with E-state index in [0.717, 1.165) is 50.9 Å². The number of hydrogen-bond acceptors (Lipinski definition) is 7. The molecule has 0 bridgehead atoms. The molecule has 0 radical (unpaired) electrons. The van der Waals surface area contributed by atoms with Gasteiger partial charge in [0.15, 0.2) is 18.2 Å². The Morgan fingerprint density at radius 3 is 1.93 bits per heavy atom. The van der Waals surface area contributed by atoms with Crippen LogP contribution < -0.4 is 14.5 Å². The standard InChI is InChI=1S/C21H27ClN6O2/c1-25-8-10-26(11-9-25)19-6-7-20(24-23-19)27-12-14-28(15-13-27)21(29)16-30-18-4-2-17(22)3-5-18/h2-7H,8-16H2,1H3. The number of piperazine rings is 2. The summed E-state index contributed by atoms with van der Waals surface area (Å²) in [6.07, 6.45) is 0. The van der Waals surface area contributed by atoms with E-state index in [-0.39, 0.29) is 12.5 Å². The van der Waals surface area contributed by atoms with Gasteiger partial charge in [-0.15, -0.1) is 10.2 Å². The van der Waals surface area contributed by atoms with Crippen molar-refractivity contribution in [2.24, 2.45) is 0 Å². The number of benzene rings is 1. The fourth-order valence-corrected chi connectivity index (χ4v) is 3.77. The van der Waals surface area contributed by atoms with Gasteiger partial charge in [-0.2, -0.15) is 0 Å². The second-order valence-electron chi connectivity index (χ2n) is 7.65. The van der Waals surface area contributed by atoms with E-state index in [1.165, 1.54) is 0 Å². The molecule has 4 rings (SSSR count). The van der Waals surface area contributed by atoms with Gasteiger partial charge in [0.05, 0.1) is 0 Å². The Hall–Kier alpha value is -2.58. The maximum absolute atomic E-state index is 12.4. The largest absolute Gasteiger partial charge is 0.484 e. The van der Waals surface area contributed by atoms with E-state index in [9.17, 15) is 4.79 Å². The molecule has 0 N–H and O–H groups in total. The van der Waals surface area contributed by atoms with Gasteiger partial charge in [0.1, 0.15) is 5.75 Å². The van der Waals surface area contributed by atoms with E-state index in [0.29, 0.717) is 23.9 Å². The summed E-state index contributed by atoms with van der Waals surface area (Å²) in [4.78, 5) is 21.0. The predicted molar refractivity (Wildman–Crippen MR) is 117 cm³/mol. The van der Waals surface area contributed by atoms with Crippen LogP contribution in [0.3, 0.4) is 0 Å². The second kappa shape index (κ2) is 9.49. The number of carbonyl (C=O) groups is 1. The van der Waals surface area contributed by atoms with E-state index in [1.54, 1.807) is 24.3 Å². The lowest BCUT2D eigenvalue weighted by Gasteiger charge is -2.35. The first-order valence-corrected chi connectivity index (χ1v) is 10.6. The number of aromatic nitrogens is 2. The monoisotopic (exact) mass is 430 g/mol. The average molecular weight is 431 g/mol. The molecule has 2 saturated heterocycles. The molecule has 2 aliphatic heterocycles. The van der Waals surface area contributed by atoms with Gasteiger partial charge in [-0.3, -0.25) is 4.79 Å². The highest BCUT2D eigenvalue weighted by Crippen LogP contribution is 2.18. The van der Waals surface area contributed by atoms with Crippen molar-refractivity contribution in [3.05, 3.63) is 41.4 Å². The van der Waals surface area contributed by atoms with Crippen molar-refractivity contribution in [3.63, 3.8) is 0 Å². The van der Waals surface area contributed by atoms with E-state index in [1.807, 2.05) is 17.0 Å². The zero-order valence-corrected chi connectivity index (χ0v) is 18.0. The lowest BCUT2D eigenvalue weighted by Crippen LogP contribution is -2.50. The quantitative estimate of drug-likeness (QED) is 0.714. The van der Waals surface area contributed by atoms with Gasteiger partial charge < -0.3 is 24.3 Å². The Morgan fingerprint density at radius 2 is 1.40 bits per heavy atom. The van der Waals surface area contributed by atoms with Crippen LogP contribution in [0.15, 0.2) is 36.4 Å². The molecule has 0 atom stereocenters. The molecule has 1 amide bonds. The molecular weight excluding hydrogens is 404 g/mol. The first-order chi connectivity index (χ1) is 14.6. The van der Waals surface area contributed by atoms with Gasteiger partial charge in [0.25, 0.3) is 5.91 Å². The molecule has 0 spiro atoms. The van der Waals surface area contributed by atoms with Crippen LogP contribution in [0.1, 0.15) is 0 Å². The van der Waals surface area contributed by atoms with Crippen molar-refractivity contribution in [3.8, 4) is 5.75 Å². The Kier molecular flexibility index (Phi) is 6.54. The number of nitrogens with zero attached hydrogens (tertiary/aromatic N) is 6. The summed E-state index contributed by atoms with van der Waals surface area (Å²) in [7, 11) is 2.14. The molecule has 2 aliphatic rings. The van der Waals surface area contributed by atoms with Gasteiger partial charge >= 0.3 is 0 Å². The van der Waals surface area contributed by atoms with Crippen molar-refractivity contribution in [2.45, 2.75) is 0 Å². The topological polar surface area (TPSA) is 65.0 Å². The zero-order chi connectivity index (χ0) is 20.9. The molecule has 30 heavy (non-hydrogen) atoms. The molecule has 160 valence electrons. The normalized spacial score (nSPS) is 17.9. The summed E-state index contributed by atoms with van der Waals surface area (Å²) in [6, 6.07) is 11.1. The third kappa shape index (κ3) is 5.12. The summed E-state index contributed by atoms with van der Waals surface area (Å²) in [5, 5.41) is 9.51. The maximum atomic E-state index is 12.4. The second-order valence-corrected chi connectivity index (χ2v) is 8.09. The van der Waals surface area contributed by atoms with Crippen molar-refractivity contribution in [1.82, 2.24) is 20.0 Å². The van der Waals surface area contributed by atoms with Crippen LogP contribution in [0.2, 0.25) is 5.02 Å². The molecule has 3 heterocycles. The van der Waals surface area contributed by atoms with Gasteiger partial charge in [-0.1, -0.05) is 11.6 Å². The summed E-state index contributed by atoms with van der Waals surface area (Å²) < 4.78 is 5.57. The van der Waals surface area contributed by atoms with Crippen LogP contribution in [0.5, 0.6) is 5.75 Å². The molecule has 9 heteroatoms. The van der Waals surface area contributed by atoms with Crippen LogP contribution >= 0.6 is 11.6 Å². The fraction of sp³-hybridized carbons (Fsp3) is 0.476. The van der Waals surface area contributed by atoms with Crippen LogP contribution in [-0.4, -0.2) is 91.9 Å². The first-order valence-electron chi connectivity index (χ1n) is 10.3. The van der Waals surface area contributed by atoms with Crippen LogP contribution in [0.4, 0.5) is 11.6 Å². The van der Waals surface area contributed by atoms with Gasteiger partial charge in [-0.05, 0) is 43.4 Å². The van der Waals surface area contributed by atoms with Gasteiger partial charge in [0.2, 0.25) is 0 Å². The Labute approximate surface area is 182 Å². The number of carbonyl (C=O) groups excluding carboxylic acids is 1. The Morgan fingerprint density at radius 1 is 0.867 bits per heavy atom. The molecular formula is C21H27ClN6O2. The third-order valence-corrected chi connectivity index (χ3v) is 5.85. The number of anilines is 2. The summed E-state index contributed by atoms with van der Waals surface area (Å²) in [5.41, 5.74) is 0. The van der Waals surface area contributed by atoms with Crippen molar-refractivity contribution in [1.29, 1.82) is 0 Å². The lowest BCUT2D eigenvalue weighted by molar-refractivity contribution is -0.133. The highest BCUT2D eigenvalue weighted by molar-refractivity contribution is 6.30. The molecule has 0 unspecified atom stereocenters. The van der Waals surface area contributed by atoms with Crippen LogP contribution in [0, 0.1) is 0 Å². The molecule has 2 fully saturated rings. The number of hydrogen-bond donors (Lipinski definition) is 0. The van der Waals surface area contributed by atoms with Crippen molar-refractivity contribution in [2.75, 3.05) is 75.8 Å². The number of rotatable bonds is 5. The Bertz CT molecular complexity index is 832. The van der Waals surface area contributed by atoms with E-state index >= 15 is 0 Å². The van der Waals surface area contributed by atoms with E-state index in [4.69, 9.17) is 16.3 Å². The molecule has 0 aliphatic carbocycles. The summed E-state index contributed by atoms with van der Waals surface area (Å²) in [5.74, 6) is 2.42. The average Bonchev–Trinajstić information content (AvgIpc) is 2.79. The Balaban J connectivity index is 1.24. The highest BCUT2D eigenvalue weighted by atomic mass is 35.5. The van der Waals surface area contributed by atoms with Gasteiger partial charge in [0, 0.05) is 57.4 Å². The molecule has 8 nitrogen and oxygen atoms in total. The first kappa shape index (κ1) is 20.7. The summed E-state index contributed by atoms with van der Waals surface area (Å²) in [6.45, 7) is 6.82. The number of halogens is 1. The fourth-order valence-electron chi connectivity index (χ4n) is 3.64. The van der Waals surface area contributed by atoms with E-state index < -0.39 is 0 Å². The van der Waals surface area contributed by atoms with Gasteiger partial charge in [-0.25, -0.2) is 0 Å². The minimum atomic E-state index is -0.0129. The maximum Gasteiger partial charge on any atom is 0.260 e. The smallest absolute Gasteiger partial charge is 0.260 e. The summed E-state index contributed by atoms with van der Waals surface area (Å²) >= 11 is 5.86. The minimum Gasteiger partial charge on any atom is -0.484 e.